The minimum atomic E-state index is -0.0194. The SMILES string of the molecule is Cc1ncsc1C(=O)NCC1CCC(c2nnc(-c3ccccn3)o2)CC1. The van der Waals surface area contributed by atoms with E-state index in [1.165, 1.54) is 11.3 Å². The molecule has 0 aromatic carbocycles. The van der Waals surface area contributed by atoms with Crippen LogP contribution in [0.5, 0.6) is 0 Å². The van der Waals surface area contributed by atoms with E-state index in [0.717, 1.165) is 31.4 Å². The van der Waals surface area contributed by atoms with Crippen LogP contribution in [0.15, 0.2) is 34.3 Å². The molecule has 1 N–H and O–H groups in total. The average Bonchev–Trinajstić information content (AvgIpc) is 3.37. The zero-order valence-corrected chi connectivity index (χ0v) is 15.9. The number of amides is 1. The van der Waals surface area contributed by atoms with Crippen molar-refractivity contribution in [2.24, 2.45) is 5.92 Å². The summed E-state index contributed by atoms with van der Waals surface area (Å²) in [5, 5.41) is 11.4. The van der Waals surface area contributed by atoms with Gasteiger partial charge in [0.25, 0.3) is 11.8 Å². The third-order valence-electron chi connectivity index (χ3n) is 5.02. The topological polar surface area (TPSA) is 93.8 Å². The molecule has 0 aliphatic heterocycles. The third-order valence-corrected chi connectivity index (χ3v) is 5.95. The van der Waals surface area contributed by atoms with Gasteiger partial charge in [0.15, 0.2) is 0 Å². The first-order chi connectivity index (χ1) is 13.2. The number of aryl methyl sites for hydroxylation is 1. The van der Waals surface area contributed by atoms with Crippen molar-refractivity contribution >= 4 is 17.2 Å². The number of thiazole rings is 1. The predicted octanol–water partition coefficient (Wildman–Crippen LogP) is 3.60. The molecule has 1 fully saturated rings. The minimum absolute atomic E-state index is 0.0194. The van der Waals surface area contributed by atoms with Crippen LogP contribution in [-0.2, 0) is 0 Å². The van der Waals surface area contributed by atoms with Crippen LogP contribution >= 0.6 is 11.3 Å². The molecule has 3 heterocycles. The maximum atomic E-state index is 12.2. The maximum Gasteiger partial charge on any atom is 0.266 e. The van der Waals surface area contributed by atoms with E-state index in [-0.39, 0.29) is 11.8 Å². The van der Waals surface area contributed by atoms with Crippen molar-refractivity contribution in [3.8, 4) is 11.6 Å². The van der Waals surface area contributed by atoms with Gasteiger partial charge in [-0.1, -0.05) is 6.07 Å². The molecule has 3 aromatic heterocycles. The van der Waals surface area contributed by atoms with Gasteiger partial charge in [0.1, 0.15) is 10.6 Å². The maximum absolute atomic E-state index is 12.2. The Morgan fingerprint density at radius 1 is 1.22 bits per heavy atom. The summed E-state index contributed by atoms with van der Waals surface area (Å²) in [4.78, 5) is 21.3. The second-order valence-electron chi connectivity index (χ2n) is 6.85. The number of nitrogens with zero attached hydrogens (tertiary/aromatic N) is 4. The van der Waals surface area contributed by atoms with Gasteiger partial charge in [-0.25, -0.2) is 4.98 Å². The quantitative estimate of drug-likeness (QED) is 0.723. The van der Waals surface area contributed by atoms with Gasteiger partial charge in [-0.3, -0.25) is 9.78 Å². The zero-order chi connectivity index (χ0) is 18.6. The number of hydrogen-bond acceptors (Lipinski definition) is 7. The molecule has 0 atom stereocenters. The highest BCUT2D eigenvalue weighted by atomic mass is 32.1. The highest BCUT2D eigenvalue weighted by Crippen LogP contribution is 2.35. The van der Waals surface area contributed by atoms with Crippen LogP contribution in [0.4, 0.5) is 0 Å². The van der Waals surface area contributed by atoms with Gasteiger partial charge in [-0.2, -0.15) is 0 Å². The van der Waals surface area contributed by atoms with Crippen molar-refractivity contribution in [2.75, 3.05) is 6.54 Å². The smallest absolute Gasteiger partial charge is 0.266 e. The molecule has 0 bridgehead atoms. The third kappa shape index (κ3) is 4.05. The molecule has 140 valence electrons. The Kier molecular flexibility index (Phi) is 5.24. The Morgan fingerprint density at radius 2 is 2.07 bits per heavy atom. The van der Waals surface area contributed by atoms with E-state index in [1.54, 1.807) is 11.7 Å². The van der Waals surface area contributed by atoms with Crippen molar-refractivity contribution in [1.82, 2.24) is 25.5 Å². The highest BCUT2D eigenvalue weighted by molar-refractivity contribution is 7.11. The fraction of sp³-hybridized carbons (Fsp3) is 0.421. The van der Waals surface area contributed by atoms with Gasteiger partial charge >= 0.3 is 0 Å². The predicted molar refractivity (Wildman–Crippen MR) is 101 cm³/mol. The molecule has 1 amide bonds. The minimum Gasteiger partial charge on any atom is -0.419 e. The molecule has 8 heteroatoms. The van der Waals surface area contributed by atoms with Crippen LogP contribution in [0.2, 0.25) is 0 Å². The van der Waals surface area contributed by atoms with Gasteiger partial charge in [0, 0.05) is 18.7 Å². The summed E-state index contributed by atoms with van der Waals surface area (Å²) in [5.74, 6) is 1.91. The molecular formula is C19H21N5O2S. The summed E-state index contributed by atoms with van der Waals surface area (Å²) in [6.07, 6.45) is 5.77. The standard InChI is InChI=1S/C19H21N5O2S/c1-12-16(27-11-22-12)17(25)21-10-13-5-7-14(8-6-13)18-23-24-19(26-18)15-4-2-3-9-20-15/h2-4,9,11,13-14H,5-8,10H2,1H3,(H,21,25). The van der Waals surface area contributed by atoms with E-state index in [1.807, 2.05) is 25.1 Å². The van der Waals surface area contributed by atoms with E-state index in [4.69, 9.17) is 4.42 Å². The number of carbonyl (C=O) groups is 1. The molecule has 0 unspecified atom stereocenters. The van der Waals surface area contributed by atoms with E-state index in [2.05, 4.69) is 25.5 Å². The van der Waals surface area contributed by atoms with Crippen molar-refractivity contribution in [3.63, 3.8) is 0 Å². The molecule has 1 saturated carbocycles. The molecule has 4 rings (SSSR count). The lowest BCUT2D eigenvalue weighted by Crippen LogP contribution is -2.31. The first kappa shape index (κ1) is 17.8. The van der Waals surface area contributed by atoms with Crippen molar-refractivity contribution < 1.29 is 9.21 Å². The Morgan fingerprint density at radius 3 is 2.78 bits per heavy atom. The molecular weight excluding hydrogens is 362 g/mol. The summed E-state index contributed by atoms with van der Waals surface area (Å²) in [6.45, 7) is 2.56. The van der Waals surface area contributed by atoms with Gasteiger partial charge < -0.3 is 9.73 Å². The average molecular weight is 383 g/mol. The van der Waals surface area contributed by atoms with Crippen LogP contribution in [0.1, 0.15) is 52.9 Å². The first-order valence-electron chi connectivity index (χ1n) is 9.14. The molecule has 7 nitrogen and oxygen atoms in total. The van der Waals surface area contributed by atoms with Crippen molar-refractivity contribution in [3.05, 3.63) is 46.4 Å². The lowest BCUT2D eigenvalue weighted by molar-refractivity contribution is 0.0945. The number of pyridine rings is 1. The van der Waals surface area contributed by atoms with E-state index in [9.17, 15) is 4.79 Å². The van der Waals surface area contributed by atoms with Crippen LogP contribution in [-0.4, -0.2) is 32.6 Å². The molecule has 1 aliphatic rings. The Bertz CT molecular complexity index is 900. The summed E-state index contributed by atoms with van der Waals surface area (Å²) < 4.78 is 5.84. The molecule has 0 radical (unpaired) electrons. The van der Waals surface area contributed by atoms with Crippen molar-refractivity contribution in [1.29, 1.82) is 0 Å². The second-order valence-corrected chi connectivity index (χ2v) is 7.71. The first-order valence-corrected chi connectivity index (χ1v) is 10.0. The zero-order valence-electron chi connectivity index (χ0n) is 15.1. The Labute approximate surface area is 161 Å². The Hall–Kier alpha value is -2.61. The monoisotopic (exact) mass is 383 g/mol. The van der Waals surface area contributed by atoms with Crippen molar-refractivity contribution in [2.45, 2.75) is 38.5 Å². The Balaban J connectivity index is 1.29. The van der Waals surface area contributed by atoms with Gasteiger partial charge in [0.2, 0.25) is 5.89 Å². The van der Waals surface area contributed by atoms with Gasteiger partial charge in [-0.15, -0.1) is 21.5 Å². The number of rotatable bonds is 5. The molecule has 27 heavy (non-hydrogen) atoms. The lowest BCUT2D eigenvalue weighted by atomic mass is 9.82. The van der Waals surface area contributed by atoms with Crippen LogP contribution in [0.3, 0.4) is 0 Å². The second kappa shape index (κ2) is 7.96. The van der Waals surface area contributed by atoms with E-state index in [0.29, 0.717) is 34.8 Å². The van der Waals surface area contributed by atoms with E-state index >= 15 is 0 Å². The van der Waals surface area contributed by atoms with Gasteiger partial charge in [-0.05, 0) is 50.7 Å². The van der Waals surface area contributed by atoms with Crippen LogP contribution in [0, 0.1) is 12.8 Å². The number of aromatic nitrogens is 4. The fourth-order valence-corrected chi connectivity index (χ4v) is 4.16. The lowest BCUT2D eigenvalue weighted by Gasteiger charge is -2.26. The van der Waals surface area contributed by atoms with Gasteiger partial charge in [0.05, 0.1) is 11.2 Å². The summed E-state index contributed by atoms with van der Waals surface area (Å²) >= 11 is 1.39. The number of carbonyl (C=O) groups excluding carboxylic acids is 1. The molecule has 0 spiro atoms. The normalized spacial score (nSPS) is 19.7. The fourth-order valence-electron chi connectivity index (χ4n) is 3.44. The number of hydrogen-bond donors (Lipinski definition) is 1. The van der Waals surface area contributed by atoms with Crippen LogP contribution < -0.4 is 5.32 Å². The van der Waals surface area contributed by atoms with Crippen LogP contribution in [0.25, 0.3) is 11.6 Å². The van der Waals surface area contributed by atoms with E-state index < -0.39 is 0 Å². The summed E-state index contributed by atoms with van der Waals surface area (Å²) in [6, 6.07) is 5.62. The summed E-state index contributed by atoms with van der Waals surface area (Å²) in [7, 11) is 0. The molecule has 0 saturated heterocycles. The highest BCUT2D eigenvalue weighted by Gasteiger charge is 2.27. The molecule has 3 aromatic rings. The summed E-state index contributed by atoms with van der Waals surface area (Å²) in [5.41, 5.74) is 3.20. The molecule has 1 aliphatic carbocycles. The largest absolute Gasteiger partial charge is 0.419 e. The number of nitrogens with one attached hydrogen (secondary N) is 1.